The summed E-state index contributed by atoms with van der Waals surface area (Å²) in [4.78, 5) is 9.87. The predicted octanol–water partition coefficient (Wildman–Crippen LogP) is 1.56. The second kappa shape index (κ2) is 4.23. The van der Waals surface area contributed by atoms with Crippen molar-refractivity contribution in [3.63, 3.8) is 0 Å². The van der Waals surface area contributed by atoms with E-state index in [-0.39, 0.29) is 5.60 Å². The average Bonchev–Trinajstić information content (AvgIpc) is 1.89. The molecular weight excluding hydrogens is 128 g/mol. The maximum atomic E-state index is 9.87. The summed E-state index contributed by atoms with van der Waals surface area (Å²) in [5.74, 6) is 0. The van der Waals surface area contributed by atoms with Gasteiger partial charge in [0.05, 0.1) is 12.2 Å². The quantitative estimate of drug-likeness (QED) is 0.331. The Labute approximate surface area is 61.9 Å². The minimum Gasteiger partial charge on any atom is -0.371 e. The Morgan fingerprint density at radius 1 is 1.60 bits per heavy atom. The van der Waals surface area contributed by atoms with Crippen LogP contribution in [0.3, 0.4) is 0 Å². The van der Waals surface area contributed by atoms with Gasteiger partial charge < -0.3 is 9.53 Å². The van der Waals surface area contributed by atoms with Crippen molar-refractivity contribution in [2.24, 2.45) is 0 Å². The normalized spacial score (nSPS) is 11.0. The van der Waals surface area contributed by atoms with E-state index in [1.165, 1.54) is 0 Å². The van der Waals surface area contributed by atoms with Crippen molar-refractivity contribution in [2.45, 2.75) is 25.9 Å². The molecule has 0 aliphatic rings. The summed E-state index contributed by atoms with van der Waals surface area (Å²) in [7, 11) is 0. The van der Waals surface area contributed by atoms with E-state index >= 15 is 0 Å². The lowest BCUT2D eigenvalue weighted by atomic mass is 10.1. The van der Waals surface area contributed by atoms with Gasteiger partial charge >= 0.3 is 0 Å². The number of ether oxygens (including phenoxy) is 1. The highest BCUT2D eigenvalue weighted by Gasteiger charge is 2.11. The van der Waals surface area contributed by atoms with Crippen LogP contribution in [0.1, 0.15) is 20.3 Å². The van der Waals surface area contributed by atoms with Crippen molar-refractivity contribution < 1.29 is 9.53 Å². The smallest absolute Gasteiger partial charge is 0.122 e. The number of hydrogen-bond acceptors (Lipinski definition) is 2. The second-order valence-corrected chi connectivity index (χ2v) is 2.61. The molecule has 0 aromatic rings. The first-order chi connectivity index (χ1) is 4.62. The lowest BCUT2D eigenvalue weighted by Gasteiger charge is -2.19. The molecule has 58 valence electrons. The fraction of sp³-hybridized carbons (Fsp3) is 0.625. The van der Waals surface area contributed by atoms with Gasteiger partial charge in [0.25, 0.3) is 0 Å². The van der Waals surface area contributed by atoms with Crippen LogP contribution in [0.15, 0.2) is 12.7 Å². The third-order valence-corrected chi connectivity index (χ3v) is 1.20. The van der Waals surface area contributed by atoms with Gasteiger partial charge in [-0.25, -0.2) is 0 Å². The lowest BCUT2D eigenvalue weighted by molar-refractivity contribution is -0.109. The van der Waals surface area contributed by atoms with Gasteiger partial charge in [0.15, 0.2) is 0 Å². The molecule has 0 bridgehead atoms. The Hall–Kier alpha value is -0.630. The highest BCUT2D eigenvalue weighted by atomic mass is 16.5. The Kier molecular flexibility index (Phi) is 3.96. The predicted molar refractivity (Wildman–Crippen MR) is 40.9 cm³/mol. The van der Waals surface area contributed by atoms with Crippen molar-refractivity contribution in [3.8, 4) is 0 Å². The third-order valence-electron chi connectivity index (χ3n) is 1.20. The summed E-state index contributed by atoms with van der Waals surface area (Å²) in [6.45, 7) is 7.89. The highest BCUT2D eigenvalue weighted by molar-refractivity contribution is 5.49. The monoisotopic (exact) mass is 142 g/mol. The van der Waals surface area contributed by atoms with Crippen LogP contribution in [0.4, 0.5) is 0 Å². The number of rotatable bonds is 5. The SMILES string of the molecule is C=CC(C)(C)OCCC=O. The summed E-state index contributed by atoms with van der Waals surface area (Å²) in [5, 5.41) is 0. The summed E-state index contributed by atoms with van der Waals surface area (Å²) < 4.78 is 5.27. The van der Waals surface area contributed by atoms with E-state index in [1.807, 2.05) is 13.8 Å². The highest BCUT2D eigenvalue weighted by Crippen LogP contribution is 2.09. The topological polar surface area (TPSA) is 26.3 Å². The first-order valence-corrected chi connectivity index (χ1v) is 3.33. The lowest BCUT2D eigenvalue weighted by Crippen LogP contribution is -2.21. The van der Waals surface area contributed by atoms with E-state index in [0.29, 0.717) is 13.0 Å². The van der Waals surface area contributed by atoms with Gasteiger partial charge in [0, 0.05) is 6.42 Å². The van der Waals surface area contributed by atoms with Gasteiger partial charge in [-0.1, -0.05) is 6.08 Å². The first kappa shape index (κ1) is 9.37. The van der Waals surface area contributed by atoms with E-state index in [1.54, 1.807) is 6.08 Å². The molecule has 2 heteroatoms. The summed E-state index contributed by atoms with van der Waals surface area (Å²) in [6.07, 6.45) is 3.02. The fourth-order valence-corrected chi connectivity index (χ4v) is 0.429. The van der Waals surface area contributed by atoms with Crippen LogP contribution in [0.5, 0.6) is 0 Å². The first-order valence-electron chi connectivity index (χ1n) is 3.33. The molecule has 0 fully saturated rings. The number of carbonyl (C=O) groups excluding carboxylic acids is 1. The maximum absolute atomic E-state index is 9.87. The Morgan fingerprint density at radius 2 is 2.20 bits per heavy atom. The number of hydrogen-bond donors (Lipinski definition) is 0. The summed E-state index contributed by atoms with van der Waals surface area (Å²) in [6, 6.07) is 0. The maximum Gasteiger partial charge on any atom is 0.122 e. The summed E-state index contributed by atoms with van der Waals surface area (Å²) >= 11 is 0. The Balaban J connectivity index is 3.46. The van der Waals surface area contributed by atoms with Crippen molar-refractivity contribution >= 4 is 6.29 Å². The van der Waals surface area contributed by atoms with Crippen LogP contribution < -0.4 is 0 Å². The van der Waals surface area contributed by atoms with Crippen molar-refractivity contribution in [2.75, 3.05) is 6.61 Å². The molecule has 0 aliphatic carbocycles. The number of carbonyl (C=O) groups is 1. The molecule has 0 aromatic heterocycles. The zero-order valence-electron chi connectivity index (χ0n) is 6.59. The van der Waals surface area contributed by atoms with Crippen LogP contribution in [0.25, 0.3) is 0 Å². The summed E-state index contributed by atoms with van der Waals surface area (Å²) in [5.41, 5.74) is -0.303. The molecule has 2 nitrogen and oxygen atoms in total. The van der Waals surface area contributed by atoms with E-state index in [2.05, 4.69) is 6.58 Å². The van der Waals surface area contributed by atoms with E-state index in [9.17, 15) is 4.79 Å². The van der Waals surface area contributed by atoms with E-state index < -0.39 is 0 Å². The van der Waals surface area contributed by atoms with Crippen LogP contribution >= 0.6 is 0 Å². The van der Waals surface area contributed by atoms with Crippen LogP contribution in [0.2, 0.25) is 0 Å². The molecule has 0 aliphatic heterocycles. The zero-order chi connectivity index (χ0) is 8.04. The van der Waals surface area contributed by atoms with E-state index in [0.717, 1.165) is 6.29 Å². The molecular formula is C8H14O2. The van der Waals surface area contributed by atoms with Crippen LogP contribution in [-0.2, 0) is 9.53 Å². The van der Waals surface area contributed by atoms with Crippen molar-refractivity contribution in [3.05, 3.63) is 12.7 Å². The molecule has 0 atom stereocenters. The fourth-order valence-electron chi connectivity index (χ4n) is 0.429. The van der Waals surface area contributed by atoms with Gasteiger partial charge in [-0.15, -0.1) is 6.58 Å². The molecule has 0 saturated heterocycles. The molecule has 0 heterocycles. The Morgan fingerprint density at radius 3 is 2.60 bits per heavy atom. The van der Waals surface area contributed by atoms with Crippen LogP contribution in [-0.4, -0.2) is 18.5 Å². The Bertz CT molecular complexity index is 116. The average molecular weight is 142 g/mol. The molecule has 0 aromatic carbocycles. The molecule has 0 spiro atoms. The third kappa shape index (κ3) is 4.27. The molecule has 0 N–H and O–H groups in total. The van der Waals surface area contributed by atoms with Crippen molar-refractivity contribution in [1.82, 2.24) is 0 Å². The zero-order valence-corrected chi connectivity index (χ0v) is 6.59. The van der Waals surface area contributed by atoms with Gasteiger partial charge in [0.1, 0.15) is 6.29 Å². The van der Waals surface area contributed by atoms with Gasteiger partial charge in [-0.3, -0.25) is 0 Å². The molecule has 0 radical (unpaired) electrons. The van der Waals surface area contributed by atoms with Gasteiger partial charge in [0.2, 0.25) is 0 Å². The van der Waals surface area contributed by atoms with E-state index in [4.69, 9.17) is 4.74 Å². The standard InChI is InChI=1S/C8H14O2/c1-4-8(2,3)10-7-5-6-9/h4,6H,1,5,7H2,2-3H3. The molecule has 0 unspecified atom stereocenters. The minimum atomic E-state index is -0.303. The molecule has 0 saturated carbocycles. The van der Waals surface area contributed by atoms with Gasteiger partial charge in [-0.05, 0) is 13.8 Å². The molecule has 0 amide bonds. The van der Waals surface area contributed by atoms with Crippen LogP contribution in [0, 0.1) is 0 Å². The number of aldehydes is 1. The molecule has 10 heavy (non-hydrogen) atoms. The minimum absolute atomic E-state index is 0.303. The van der Waals surface area contributed by atoms with Crippen molar-refractivity contribution in [1.29, 1.82) is 0 Å². The largest absolute Gasteiger partial charge is 0.371 e. The second-order valence-electron chi connectivity index (χ2n) is 2.61. The molecule has 0 rings (SSSR count). The van der Waals surface area contributed by atoms with Gasteiger partial charge in [-0.2, -0.15) is 0 Å².